The second-order valence-corrected chi connectivity index (χ2v) is 6.91. The third kappa shape index (κ3) is 3.08. The minimum Gasteiger partial charge on any atom is -0.399 e. The Morgan fingerprint density at radius 3 is 2.53 bits per heavy atom. The molecule has 0 aliphatic heterocycles. The second-order valence-electron chi connectivity index (χ2n) is 5.14. The summed E-state index contributed by atoms with van der Waals surface area (Å²) < 4.78 is 32.4. The van der Waals surface area contributed by atoms with Crippen LogP contribution < -0.4 is 10.5 Å². The SMILES string of the molecule is COC1(CNS(=O)(=O)c2cc(C)cc(N)c2)CCC1. The molecule has 106 valence electrons. The van der Waals surface area contributed by atoms with Crippen LogP contribution in [0.15, 0.2) is 23.1 Å². The molecular weight excluding hydrogens is 264 g/mol. The van der Waals surface area contributed by atoms with Gasteiger partial charge in [0.1, 0.15) is 0 Å². The quantitative estimate of drug-likeness (QED) is 0.801. The summed E-state index contributed by atoms with van der Waals surface area (Å²) in [6.07, 6.45) is 2.86. The van der Waals surface area contributed by atoms with Gasteiger partial charge in [-0.3, -0.25) is 0 Å². The lowest BCUT2D eigenvalue weighted by atomic mass is 9.80. The number of ether oxygens (including phenoxy) is 1. The van der Waals surface area contributed by atoms with E-state index in [1.165, 1.54) is 6.07 Å². The Hall–Kier alpha value is -1.11. The van der Waals surface area contributed by atoms with Gasteiger partial charge in [-0.05, 0) is 49.9 Å². The number of sulfonamides is 1. The first-order valence-corrected chi connectivity index (χ1v) is 7.77. The summed E-state index contributed by atoms with van der Waals surface area (Å²) in [4.78, 5) is 0.204. The maximum absolute atomic E-state index is 12.2. The molecule has 0 saturated heterocycles. The summed E-state index contributed by atoms with van der Waals surface area (Å²) >= 11 is 0. The maximum Gasteiger partial charge on any atom is 0.240 e. The van der Waals surface area contributed by atoms with Gasteiger partial charge in [-0.15, -0.1) is 0 Å². The van der Waals surface area contributed by atoms with Crippen molar-refractivity contribution in [2.24, 2.45) is 0 Å². The van der Waals surface area contributed by atoms with Crippen LogP contribution in [0.5, 0.6) is 0 Å². The summed E-state index contributed by atoms with van der Waals surface area (Å²) in [6.45, 7) is 2.12. The van der Waals surface area contributed by atoms with Gasteiger partial charge in [0.2, 0.25) is 10.0 Å². The molecule has 0 spiro atoms. The zero-order chi connectivity index (χ0) is 14.1. The van der Waals surface area contributed by atoms with E-state index in [9.17, 15) is 8.42 Å². The molecule has 1 aromatic carbocycles. The van der Waals surface area contributed by atoms with E-state index in [0.717, 1.165) is 24.8 Å². The lowest BCUT2D eigenvalue weighted by Gasteiger charge is -2.40. The molecule has 6 heteroatoms. The van der Waals surface area contributed by atoms with E-state index < -0.39 is 10.0 Å². The minimum atomic E-state index is -3.53. The van der Waals surface area contributed by atoms with Gasteiger partial charge in [-0.1, -0.05) is 0 Å². The highest BCUT2D eigenvalue weighted by molar-refractivity contribution is 7.89. The average Bonchev–Trinajstić information content (AvgIpc) is 2.26. The predicted octanol–water partition coefficient (Wildman–Crippen LogP) is 1.42. The van der Waals surface area contributed by atoms with E-state index in [-0.39, 0.29) is 10.5 Å². The van der Waals surface area contributed by atoms with Crippen molar-refractivity contribution >= 4 is 15.7 Å². The summed E-state index contributed by atoms with van der Waals surface area (Å²) in [5.74, 6) is 0. The van der Waals surface area contributed by atoms with Crippen LogP contribution in [0, 0.1) is 6.92 Å². The third-order valence-electron chi connectivity index (χ3n) is 3.67. The number of nitrogens with two attached hydrogens (primary N) is 1. The molecule has 5 nitrogen and oxygen atoms in total. The zero-order valence-corrected chi connectivity index (χ0v) is 12.1. The van der Waals surface area contributed by atoms with E-state index in [1.54, 1.807) is 19.2 Å². The predicted molar refractivity (Wildman–Crippen MR) is 74.4 cm³/mol. The van der Waals surface area contributed by atoms with E-state index in [1.807, 2.05) is 6.92 Å². The van der Waals surface area contributed by atoms with Crippen LogP contribution in [-0.2, 0) is 14.8 Å². The van der Waals surface area contributed by atoms with Gasteiger partial charge in [-0.25, -0.2) is 13.1 Å². The molecule has 1 saturated carbocycles. The molecule has 0 unspecified atom stereocenters. The van der Waals surface area contributed by atoms with Crippen molar-refractivity contribution in [2.75, 3.05) is 19.4 Å². The Morgan fingerprint density at radius 1 is 1.37 bits per heavy atom. The summed E-state index contributed by atoms with van der Waals surface area (Å²) in [5.41, 5.74) is 6.63. The number of anilines is 1. The smallest absolute Gasteiger partial charge is 0.240 e. The van der Waals surface area contributed by atoms with Crippen LogP contribution in [0.25, 0.3) is 0 Å². The first-order chi connectivity index (χ1) is 8.87. The van der Waals surface area contributed by atoms with E-state index >= 15 is 0 Å². The summed E-state index contributed by atoms with van der Waals surface area (Å²) in [5, 5.41) is 0. The number of nitrogen functional groups attached to an aromatic ring is 1. The Balaban J connectivity index is 2.14. The van der Waals surface area contributed by atoms with Crippen molar-refractivity contribution in [3.63, 3.8) is 0 Å². The van der Waals surface area contributed by atoms with Crippen molar-refractivity contribution in [1.82, 2.24) is 4.72 Å². The number of aryl methyl sites for hydroxylation is 1. The number of hydrogen-bond donors (Lipinski definition) is 2. The maximum atomic E-state index is 12.2. The van der Waals surface area contributed by atoms with Crippen molar-refractivity contribution in [1.29, 1.82) is 0 Å². The molecular formula is C13H20N2O3S. The van der Waals surface area contributed by atoms with Gasteiger partial charge < -0.3 is 10.5 Å². The Kier molecular flexibility index (Phi) is 3.85. The Labute approximate surface area is 114 Å². The van der Waals surface area contributed by atoms with Crippen molar-refractivity contribution in [3.8, 4) is 0 Å². The molecule has 0 aromatic heterocycles. The van der Waals surface area contributed by atoms with Crippen LogP contribution in [-0.4, -0.2) is 27.7 Å². The van der Waals surface area contributed by atoms with Gasteiger partial charge in [0.25, 0.3) is 0 Å². The topological polar surface area (TPSA) is 81.4 Å². The fraction of sp³-hybridized carbons (Fsp3) is 0.538. The van der Waals surface area contributed by atoms with Crippen molar-refractivity contribution < 1.29 is 13.2 Å². The van der Waals surface area contributed by atoms with Crippen LogP contribution in [0.4, 0.5) is 5.69 Å². The molecule has 0 heterocycles. The van der Waals surface area contributed by atoms with Crippen molar-refractivity contribution in [2.45, 2.75) is 36.7 Å². The molecule has 2 rings (SSSR count). The second kappa shape index (κ2) is 5.11. The largest absolute Gasteiger partial charge is 0.399 e. The van der Waals surface area contributed by atoms with Gasteiger partial charge in [0.05, 0.1) is 10.5 Å². The van der Waals surface area contributed by atoms with Crippen LogP contribution in [0.2, 0.25) is 0 Å². The first-order valence-electron chi connectivity index (χ1n) is 6.29. The monoisotopic (exact) mass is 284 g/mol. The van der Waals surface area contributed by atoms with Gasteiger partial charge in [-0.2, -0.15) is 0 Å². The zero-order valence-electron chi connectivity index (χ0n) is 11.3. The normalized spacial score (nSPS) is 18.0. The molecule has 1 aromatic rings. The van der Waals surface area contributed by atoms with Gasteiger partial charge in [0, 0.05) is 19.3 Å². The number of rotatable bonds is 5. The molecule has 3 N–H and O–H groups in total. The molecule has 1 aliphatic rings. The number of nitrogens with one attached hydrogen (secondary N) is 1. The van der Waals surface area contributed by atoms with Crippen LogP contribution >= 0.6 is 0 Å². The number of benzene rings is 1. The molecule has 0 bridgehead atoms. The highest BCUT2D eigenvalue weighted by atomic mass is 32.2. The highest BCUT2D eigenvalue weighted by Crippen LogP contribution is 2.34. The number of methoxy groups -OCH3 is 1. The molecule has 1 fully saturated rings. The van der Waals surface area contributed by atoms with E-state index in [0.29, 0.717) is 12.2 Å². The Bertz CT molecular complexity index is 539. The van der Waals surface area contributed by atoms with Crippen LogP contribution in [0.3, 0.4) is 0 Å². The van der Waals surface area contributed by atoms with Crippen molar-refractivity contribution in [3.05, 3.63) is 23.8 Å². The molecule has 0 amide bonds. The van der Waals surface area contributed by atoms with Gasteiger partial charge in [0.15, 0.2) is 0 Å². The fourth-order valence-corrected chi connectivity index (χ4v) is 3.52. The van der Waals surface area contributed by atoms with E-state index in [4.69, 9.17) is 10.5 Å². The average molecular weight is 284 g/mol. The summed E-state index contributed by atoms with van der Waals surface area (Å²) in [6, 6.07) is 4.82. The third-order valence-corrected chi connectivity index (χ3v) is 5.05. The van der Waals surface area contributed by atoms with Gasteiger partial charge >= 0.3 is 0 Å². The lowest BCUT2D eigenvalue weighted by molar-refractivity contribution is -0.0659. The van der Waals surface area contributed by atoms with E-state index in [2.05, 4.69) is 4.72 Å². The molecule has 19 heavy (non-hydrogen) atoms. The fourth-order valence-electron chi connectivity index (χ4n) is 2.27. The summed E-state index contributed by atoms with van der Waals surface area (Å²) in [7, 11) is -1.91. The molecule has 0 atom stereocenters. The lowest BCUT2D eigenvalue weighted by Crippen LogP contribution is -2.49. The molecule has 0 radical (unpaired) electrons. The first kappa shape index (κ1) is 14.3. The standard InChI is InChI=1S/C13H20N2O3S/c1-10-6-11(14)8-12(7-10)19(16,17)15-9-13(18-2)4-3-5-13/h6-8,15H,3-5,9,14H2,1-2H3. The highest BCUT2D eigenvalue weighted by Gasteiger charge is 2.38. The molecule has 1 aliphatic carbocycles. The Morgan fingerprint density at radius 2 is 2.05 bits per heavy atom. The minimum absolute atomic E-state index is 0.204. The number of hydrogen-bond acceptors (Lipinski definition) is 4. The van der Waals surface area contributed by atoms with Crippen LogP contribution in [0.1, 0.15) is 24.8 Å².